The number of benzene rings is 2. The molecule has 0 aliphatic carbocycles. The molecule has 0 bridgehead atoms. The van der Waals surface area contributed by atoms with Crippen LogP contribution in [0.5, 0.6) is 0 Å². The van der Waals surface area contributed by atoms with Gasteiger partial charge in [-0.05, 0) is 30.2 Å². The third-order valence-electron chi connectivity index (χ3n) is 3.88. The van der Waals surface area contributed by atoms with Crippen LogP contribution in [0.2, 0.25) is 0 Å². The lowest BCUT2D eigenvalue weighted by atomic mass is 10.2. The topological polar surface area (TPSA) is 63.5 Å². The number of nitrogens with zero attached hydrogens (tertiary/aromatic N) is 2. The van der Waals surface area contributed by atoms with Gasteiger partial charge in [0.2, 0.25) is 0 Å². The number of carbonyl (C=O) groups is 1. The van der Waals surface area contributed by atoms with Crippen LogP contribution in [0.4, 0.5) is 0 Å². The average molecular weight is 345 g/mol. The van der Waals surface area contributed by atoms with E-state index in [9.17, 15) is 9.59 Å². The molecule has 3 aromatic rings. The molecule has 0 spiro atoms. The maximum absolute atomic E-state index is 12.5. The zero-order chi connectivity index (χ0) is 18.4. The van der Waals surface area contributed by atoms with E-state index in [2.05, 4.69) is 10.5 Å². The summed E-state index contributed by atoms with van der Waals surface area (Å²) in [6.07, 6.45) is 3.22. The van der Waals surface area contributed by atoms with Crippen molar-refractivity contribution in [2.45, 2.75) is 13.5 Å². The number of hydrogen-bond donors (Lipinski definition) is 1. The molecular weight excluding hydrogens is 326 g/mol. The summed E-state index contributed by atoms with van der Waals surface area (Å²) in [5.41, 5.74) is 5.10. The molecule has 0 aliphatic heterocycles. The van der Waals surface area contributed by atoms with Crippen LogP contribution in [0.25, 0.3) is 0 Å². The molecule has 0 aliphatic rings. The van der Waals surface area contributed by atoms with Crippen molar-refractivity contribution < 1.29 is 4.79 Å². The van der Waals surface area contributed by atoms with Crippen molar-refractivity contribution >= 4 is 12.1 Å². The zero-order valence-corrected chi connectivity index (χ0v) is 14.4. The minimum atomic E-state index is -0.527. The molecule has 5 nitrogen and oxygen atoms in total. The van der Waals surface area contributed by atoms with E-state index < -0.39 is 5.91 Å². The summed E-state index contributed by atoms with van der Waals surface area (Å²) in [5.74, 6) is -0.527. The highest BCUT2D eigenvalue weighted by Crippen LogP contribution is 2.02. The van der Waals surface area contributed by atoms with Gasteiger partial charge in [0.05, 0.1) is 12.8 Å². The van der Waals surface area contributed by atoms with E-state index in [0.29, 0.717) is 6.54 Å². The molecule has 26 heavy (non-hydrogen) atoms. The number of aryl methyl sites for hydroxylation is 1. The van der Waals surface area contributed by atoms with Crippen LogP contribution in [0, 0.1) is 6.92 Å². The SMILES string of the molecule is Cc1cccc(/C=N\NC(=O)c2cccn(Cc3ccccc3)c2=O)c1. The molecule has 1 heterocycles. The summed E-state index contributed by atoms with van der Waals surface area (Å²) in [6.45, 7) is 2.39. The van der Waals surface area contributed by atoms with Gasteiger partial charge in [-0.15, -0.1) is 0 Å². The summed E-state index contributed by atoms with van der Waals surface area (Å²) in [5, 5.41) is 3.94. The van der Waals surface area contributed by atoms with Crippen molar-refractivity contribution in [3.05, 3.63) is 106 Å². The van der Waals surface area contributed by atoms with Gasteiger partial charge in [-0.3, -0.25) is 9.59 Å². The predicted octanol–water partition coefficient (Wildman–Crippen LogP) is 2.97. The molecule has 5 heteroatoms. The first-order valence-electron chi connectivity index (χ1n) is 8.27. The van der Waals surface area contributed by atoms with E-state index in [1.165, 1.54) is 10.6 Å². The summed E-state index contributed by atoms with van der Waals surface area (Å²) in [6, 6.07) is 20.5. The number of nitrogens with one attached hydrogen (secondary N) is 1. The van der Waals surface area contributed by atoms with E-state index in [0.717, 1.165) is 16.7 Å². The molecule has 0 saturated heterocycles. The molecule has 0 saturated carbocycles. The van der Waals surface area contributed by atoms with E-state index in [4.69, 9.17) is 0 Å². The number of hydrogen-bond acceptors (Lipinski definition) is 3. The van der Waals surface area contributed by atoms with Gasteiger partial charge in [0, 0.05) is 6.20 Å². The summed E-state index contributed by atoms with van der Waals surface area (Å²) >= 11 is 0. The van der Waals surface area contributed by atoms with Gasteiger partial charge in [0.1, 0.15) is 5.56 Å². The van der Waals surface area contributed by atoms with E-state index in [1.54, 1.807) is 18.5 Å². The van der Waals surface area contributed by atoms with Crippen LogP contribution in [0.15, 0.2) is 82.8 Å². The van der Waals surface area contributed by atoms with Gasteiger partial charge in [-0.25, -0.2) is 5.43 Å². The molecule has 1 N–H and O–H groups in total. The van der Waals surface area contributed by atoms with Gasteiger partial charge in [-0.1, -0.05) is 60.2 Å². The molecule has 130 valence electrons. The summed E-state index contributed by atoms with van der Waals surface area (Å²) < 4.78 is 1.51. The molecular formula is C21H19N3O2. The van der Waals surface area contributed by atoms with Crippen molar-refractivity contribution in [2.24, 2.45) is 5.10 Å². The molecule has 0 fully saturated rings. The largest absolute Gasteiger partial charge is 0.310 e. The van der Waals surface area contributed by atoms with Gasteiger partial charge in [0.25, 0.3) is 11.5 Å². The molecule has 3 rings (SSSR count). The third kappa shape index (κ3) is 4.33. The fourth-order valence-electron chi connectivity index (χ4n) is 2.59. The Hall–Kier alpha value is -3.47. The van der Waals surface area contributed by atoms with Crippen molar-refractivity contribution in [3.8, 4) is 0 Å². The molecule has 0 atom stereocenters. The molecule has 1 aromatic heterocycles. The lowest BCUT2D eigenvalue weighted by Crippen LogP contribution is -2.30. The van der Waals surface area contributed by atoms with Crippen molar-refractivity contribution in [1.29, 1.82) is 0 Å². The number of pyridine rings is 1. The second kappa shape index (κ2) is 8.07. The van der Waals surface area contributed by atoms with Crippen LogP contribution in [0.3, 0.4) is 0 Å². The number of aromatic nitrogens is 1. The molecule has 0 radical (unpaired) electrons. The quantitative estimate of drug-likeness (QED) is 0.571. The highest BCUT2D eigenvalue weighted by Gasteiger charge is 2.11. The minimum absolute atomic E-state index is 0.0600. The Morgan fingerprint density at radius 2 is 1.88 bits per heavy atom. The first-order valence-corrected chi connectivity index (χ1v) is 8.27. The fourth-order valence-corrected chi connectivity index (χ4v) is 2.59. The van der Waals surface area contributed by atoms with Crippen LogP contribution in [0.1, 0.15) is 27.0 Å². The van der Waals surface area contributed by atoms with Gasteiger partial charge in [0.15, 0.2) is 0 Å². The van der Waals surface area contributed by atoms with Gasteiger partial charge >= 0.3 is 0 Å². The van der Waals surface area contributed by atoms with Crippen LogP contribution in [-0.2, 0) is 6.54 Å². The normalized spacial score (nSPS) is 10.8. The Morgan fingerprint density at radius 3 is 2.65 bits per heavy atom. The van der Waals surface area contributed by atoms with E-state index >= 15 is 0 Å². The highest BCUT2D eigenvalue weighted by molar-refractivity contribution is 5.94. The molecule has 2 aromatic carbocycles. The first kappa shape index (κ1) is 17.4. The second-order valence-corrected chi connectivity index (χ2v) is 5.95. The number of hydrazone groups is 1. The Morgan fingerprint density at radius 1 is 1.08 bits per heavy atom. The fraction of sp³-hybridized carbons (Fsp3) is 0.0952. The Kier molecular flexibility index (Phi) is 5.39. The van der Waals surface area contributed by atoms with Gasteiger partial charge < -0.3 is 4.57 Å². The summed E-state index contributed by atoms with van der Waals surface area (Å²) in [4.78, 5) is 24.8. The highest BCUT2D eigenvalue weighted by atomic mass is 16.2. The standard InChI is InChI=1S/C21H19N3O2/c1-16-7-5-10-18(13-16)14-22-23-20(25)19-11-6-12-24(21(19)26)15-17-8-3-2-4-9-17/h2-14H,15H2,1H3,(H,23,25)/b22-14-. The maximum Gasteiger partial charge on any atom is 0.276 e. The van der Waals surface area contributed by atoms with E-state index in [-0.39, 0.29) is 11.1 Å². The van der Waals surface area contributed by atoms with Crippen LogP contribution in [-0.4, -0.2) is 16.7 Å². The Balaban J connectivity index is 1.73. The third-order valence-corrected chi connectivity index (χ3v) is 3.88. The first-order chi connectivity index (χ1) is 12.6. The summed E-state index contributed by atoms with van der Waals surface area (Å²) in [7, 11) is 0. The van der Waals surface area contributed by atoms with Crippen molar-refractivity contribution in [3.63, 3.8) is 0 Å². The Bertz CT molecular complexity index is 991. The number of rotatable bonds is 5. The lowest BCUT2D eigenvalue weighted by molar-refractivity contribution is 0.0953. The minimum Gasteiger partial charge on any atom is -0.310 e. The molecule has 1 amide bonds. The maximum atomic E-state index is 12.5. The van der Waals surface area contributed by atoms with Crippen molar-refractivity contribution in [2.75, 3.05) is 0 Å². The zero-order valence-electron chi connectivity index (χ0n) is 14.4. The predicted molar refractivity (Wildman–Crippen MR) is 102 cm³/mol. The van der Waals surface area contributed by atoms with Crippen LogP contribution >= 0.6 is 0 Å². The number of carbonyl (C=O) groups excluding carboxylic acids is 1. The van der Waals surface area contributed by atoms with Crippen LogP contribution < -0.4 is 11.0 Å². The molecule has 0 unspecified atom stereocenters. The average Bonchev–Trinajstić information content (AvgIpc) is 2.64. The smallest absolute Gasteiger partial charge is 0.276 e. The lowest BCUT2D eigenvalue weighted by Gasteiger charge is -2.07. The van der Waals surface area contributed by atoms with Gasteiger partial charge in [-0.2, -0.15) is 5.10 Å². The Labute approximate surface area is 151 Å². The number of amides is 1. The second-order valence-electron chi connectivity index (χ2n) is 5.95. The van der Waals surface area contributed by atoms with E-state index in [1.807, 2.05) is 61.5 Å². The van der Waals surface area contributed by atoms with Crippen molar-refractivity contribution in [1.82, 2.24) is 9.99 Å². The monoisotopic (exact) mass is 345 g/mol.